The summed E-state index contributed by atoms with van der Waals surface area (Å²) in [6, 6.07) is 0. The molecule has 0 N–H and O–H groups in total. The van der Waals surface area contributed by atoms with Crippen LogP contribution < -0.4 is 0 Å². The van der Waals surface area contributed by atoms with Crippen LogP contribution in [-0.4, -0.2) is 27.3 Å². The Morgan fingerprint density at radius 2 is 1.00 bits per heavy atom. The minimum absolute atomic E-state index is 0. The maximum absolute atomic E-state index is 0. The molecule has 0 aliphatic rings. The van der Waals surface area contributed by atoms with Gasteiger partial charge in [0.05, 0.1) is 0 Å². The maximum Gasteiger partial charge on any atom is 2.00 e. The standard InChI is InChI=1S/Ag.Fe.Pb.Zn/q+1;+2;;+2. The van der Waals surface area contributed by atoms with Crippen LogP contribution in [0.5, 0.6) is 0 Å². The summed E-state index contributed by atoms with van der Waals surface area (Å²) in [5.41, 5.74) is 0. The average molecular weight is 436 g/mol. The van der Waals surface area contributed by atoms with E-state index in [-0.39, 0.29) is 86.2 Å². The Hall–Kier alpha value is 2.81. The van der Waals surface area contributed by atoms with E-state index in [4.69, 9.17) is 0 Å². The van der Waals surface area contributed by atoms with E-state index in [2.05, 4.69) is 0 Å². The summed E-state index contributed by atoms with van der Waals surface area (Å²) in [6.45, 7) is 0. The van der Waals surface area contributed by atoms with Crippen LogP contribution in [0.2, 0.25) is 0 Å². The van der Waals surface area contributed by atoms with Gasteiger partial charge in [-0.15, -0.1) is 0 Å². The van der Waals surface area contributed by atoms with Crippen molar-refractivity contribution in [3.05, 3.63) is 0 Å². The predicted octanol–water partition coefficient (Wildman–Crippen LogP) is -0.388. The van der Waals surface area contributed by atoms with E-state index >= 15 is 0 Å². The Bertz CT molecular complexity index is 8.00. The van der Waals surface area contributed by atoms with Crippen molar-refractivity contribution in [2.75, 3.05) is 0 Å². The van der Waals surface area contributed by atoms with Gasteiger partial charge in [0.15, 0.2) is 0 Å². The minimum atomic E-state index is 0. The number of hydrogen-bond acceptors (Lipinski definition) is 0. The van der Waals surface area contributed by atoms with Crippen molar-refractivity contribution >= 4 is 27.3 Å². The van der Waals surface area contributed by atoms with Gasteiger partial charge in [0, 0.05) is 27.3 Å². The summed E-state index contributed by atoms with van der Waals surface area (Å²) < 4.78 is 0. The Morgan fingerprint density at radius 3 is 1.00 bits per heavy atom. The van der Waals surface area contributed by atoms with E-state index in [0.29, 0.717) is 0 Å². The van der Waals surface area contributed by atoms with Crippen LogP contribution in [-0.2, 0) is 58.9 Å². The molecule has 0 aliphatic carbocycles. The minimum Gasteiger partial charge on any atom is 0 e. The van der Waals surface area contributed by atoms with Gasteiger partial charge < -0.3 is 0 Å². The molecule has 0 nitrogen and oxygen atoms in total. The molecule has 4 heavy (non-hydrogen) atoms. The molecular formula is AgFePbZn+5. The normalized spacial score (nSPS) is 0. The van der Waals surface area contributed by atoms with Crippen molar-refractivity contribution in [2.24, 2.45) is 0 Å². The van der Waals surface area contributed by atoms with Gasteiger partial charge in [-0.05, 0) is 0 Å². The Balaban J connectivity index is 0. The molecule has 0 rings (SSSR count). The molecule has 0 spiro atoms. The second-order valence-corrected chi connectivity index (χ2v) is 0. The summed E-state index contributed by atoms with van der Waals surface area (Å²) in [7, 11) is 0. The van der Waals surface area contributed by atoms with Gasteiger partial charge in [0.2, 0.25) is 0 Å². The van der Waals surface area contributed by atoms with Gasteiger partial charge in [0.1, 0.15) is 0 Å². The first-order valence-electron chi connectivity index (χ1n) is 0. The van der Waals surface area contributed by atoms with Crippen LogP contribution in [0.4, 0.5) is 0 Å². The molecule has 20 valence electrons. The van der Waals surface area contributed by atoms with Crippen LogP contribution in [0.15, 0.2) is 0 Å². The van der Waals surface area contributed by atoms with Crippen molar-refractivity contribution in [1.29, 1.82) is 0 Å². The van der Waals surface area contributed by atoms with Crippen LogP contribution in [0.1, 0.15) is 0 Å². The molecule has 4 heteroatoms. The molecule has 0 saturated heterocycles. The number of hydrogen-bond donors (Lipinski definition) is 0. The van der Waals surface area contributed by atoms with Crippen LogP contribution in [0.25, 0.3) is 0 Å². The zero-order chi connectivity index (χ0) is 0. The van der Waals surface area contributed by atoms with Crippen LogP contribution in [0.3, 0.4) is 0 Å². The van der Waals surface area contributed by atoms with Crippen molar-refractivity contribution in [1.82, 2.24) is 0 Å². The summed E-state index contributed by atoms with van der Waals surface area (Å²) in [4.78, 5) is 0. The molecular weight excluding hydrogens is 436 g/mol. The quantitative estimate of drug-likeness (QED) is 0.454. The molecule has 0 aromatic rings. The van der Waals surface area contributed by atoms with Gasteiger partial charge in [-0.2, -0.15) is 0 Å². The fourth-order valence-corrected chi connectivity index (χ4v) is 0. The first-order chi connectivity index (χ1) is 0. The molecule has 0 unspecified atom stereocenters. The van der Waals surface area contributed by atoms with Crippen LogP contribution >= 0.6 is 0 Å². The molecule has 0 saturated carbocycles. The summed E-state index contributed by atoms with van der Waals surface area (Å²) in [5, 5.41) is 0. The molecule has 0 aromatic heterocycles. The first-order valence-corrected chi connectivity index (χ1v) is 0. The van der Waals surface area contributed by atoms with Gasteiger partial charge in [-0.3, -0.25) is 0 Å². The van der Waals surface area contributed by atoms with Gasteiger partial charge in [-0.1, -0.05) is 0 Å². The molecule has 0 heterocycles. The molecule has 0 aromatic carbocycles. The number of rotatable bonds is 0. The van der Waals surface area contributed by atoms with Gasteiger partial charge >= 0.3 is 58.9 Å². The molecule has 0 atom stereocenters. The van der Waals surface area contributed by atoms with Gasteiger partial charge in [0.25, 0.3) is 0 Å². The third kappa shape index (κ3) is 8.84. The Kier molecular flexibility index (Phi) is 124. The molecule has 0 bridgehead atoms. The predicted molar refractivity (Wildman–Crippen MR) is 5.75 cm³/mol. The second kappa shape index (κ2) is 17.0. The fourth-order valence-electron chi connectivity index (χ4n) is 0. The van der Waals surface area contributed by atoms with Crippen LogP contribution in [0, 0.1) is 0 Å². The second-order valence-electron chi connectivity index (χ2n) is 0. The first kappa shape index (κ1) is 29.1. The maximum atomic E-state index is 0. The third-order valence-corrected chi connectivity index (χ3v) is 0. The summed E-state index contributed by atoms with van der Waals surface area (Å²) in [6.07, 6.45) is 0. The largest absolute Gasteiger partial charge is 2.00 e. The average Bonchev–Trinajstić information content (AvgIpc) is 0. The van der Waals surface area contributed by atoms with E-state index in [1.807, 2.05) is 0 Å². The Morgan fingerprint density at radius 1 is 1.00 bits per heavy atom. The zero-order valence-electron chi connectivity index (χ0n) is 1.86. The molecule has 4 radical (unpaired) electrons. The zero-order valence-corrected chi connectivity index (χ0v) is 11.3. The van der Waals surface area contributed by atoms with E-state index in [1.165, 1.54) is 0 Å². The monoisotopic (exact) mass is 435 g/mol. The molecule has 0 amide bonds. The smallest absolute Gasteiger partial charge is 0 e. The van der Waals surface area contributed by atoms with Crippen molar-refractivity contribution < 1.29 is 58.9 Å². The molecule has 0 fully saturated rings. The molecule has 0 aliphatic heterocycles. The third-order valence-electron chi connectivity index (χ3n) is 0. The van der Waals surface area contributed by atoms with E-state index in [0.717, 1.165) is 0 Å². The van der Waals surface area contributed by atoms with E-state index in [1.54, 1.807) is 0 Å². The van der Waals surface area contributed by atoms with E-state index < -0.39 is 0 Å². The van der Waals surface area contributed by atoms with Crippen molar-refractivity contribution in [3.63, 3.8) is 0 Å². The van der Waals surface area contributed by atoms with Crippen molar-refractivity contribution in [2.45, 2.75) is 0 Å². The summed E-state index contributed by atoms with van der Waals surface area (Å²) >= 11 is 0. The summed E-state index contributed by atoms with van der Waals surface area (Å²) in [5.74, 6) is 0. The van der Waals surface area contributed by atoms with Gasteiger partial charge in [-0.25, -0.2) is 0 Å². The van der Waals surface area contributed by atoms with Crippen molar-refractivity contribution in [3.8, 4) is 0 Å². The fraction of sp³-hybridized carbons (Fsp3) is 0. The topological polar surface area (TPSA) is 0 Å². The van der Waals surface area contributed by atoms with E-state index in [9.17, 15) is 0 Å². The Labute approximate surface area is 84.8 Å². The SMILES string of the molecule is [Ag+].[Fe+2].[Pb].[Zn+2].